The van der Waals surface area contributed by atoms with E-state index in [0.29, 0.717) is 57.0 Å². The smallest absolute Gasteiger partial charge is 0.324 e. The highest BCUT2D eigenvalue weighted by molar-refractivity contribution is 7.10. The van der Waals surface area contributed by atoms with Crippen molar-refractivity contribution in [1.82, 2.24) is 50.3 Å². The largest absolute Gasteiger partial charge is 0.464 e. The Bertz CT molecular complexity index is 2520. The molecule has 1 unspecified atom stereocenters. The highest BCUT2D eigenvalue weighted by Gasteiger charge is 2.42. The summed E-state index contributed by atoms with van der Waals surface area (Å²) in [5.74, 6) is -1.66. The Morgan fingerprint density at radius 3 is 2.57 bits per heavy atom. The number of carbonyl (C=O) groups excluding carboxylic acids is 5. The van der Waals surface area contributed by atoms with Crippen LogP contribution in [0.5, 0.6) is 0 Å². The first-order valence-electron chi connectivity index (χ1n) is 23.6. The molecule has 1 aromatic carbocycles. The van der Waals surface area contributed by atoms with Crippen LogP contribution in [-0.4, -0.2) is 148 Å². The molecule has 6 bridgehead atoms. The van der Waals surface area contributed by atoms with E-state index in [4.69, 9.17) is 19.4 Å². The molecule has 6 atom stereocenters. The summed E-state index contributed by atoms with van der Waals surface area (Å²) in [5, 5.41) is 11.2. The summed E-state index contributed by atoms with van der Waals surface area (Å²) in [6.07, 6.45) is 3.95. The minimum absolute atomic E-state index is 0.00345. The third kappa shape index (κ3) is 9.94. The number of carbonyl (C=O) groups is 5. The van der Waals surface area contributed by atoms with Crippen molar-refractivity contribution in [2.45, 2.75) is 117 Å². The van der Waals surface area contributed by atoms with Gasteiger partial charge in [0.15, 0.2) is 0 Å². The molecular formula is C49H66N10O7S. The van der Waals surface area contributed by atoms with Gasteiger partial charge < -0.3 is 39.4 Å². The average Bonchev–Trinajstić information content (AvgIpc) is 3.98. The van der Waals surface area contributed by atoms with E-state index >= 15 is 0 Å². The van der Waals surface area contributed by atoms with Crippen molar-refractivity contribution in [3.05, 3.63) is 58.2 Å². The standard InChI is InChI=1S/C49H66N10O7S/c1-10-57-39-16-15-30-21-33(39)34(43(57)32-13-11-18-50-41(32)29(4)65-9)23-49(5,6)27-66-47(63)35-14-12-19-59(54-35)46(62)36(22-40-52-38(30)26-67-40)53-44(60)42(28(2)3)56(8)48(64)58-20-17-31(58)25-55(7)45(61)37-24-51-37/h11,13,15-16,18,21,26,28-29,31,35-37,42,51,54H,10,12,14,17,19-20,22-25,27H2,1-9H3,(H,53,60)/t29-,31-,35-,36-,37-,42?/m0/s1. The number of esters is 1. The number of nitrogens with one attached hydrogen (secondary N) is 3. The first-order valence-corrected chi connectivity index (χ1v) is 24.5. The Labute approximate surface area is 396 Å². The third-order valence-electron chi connectivity index (χ3n) is 13.7. The second kappa shape index (κ2) is 19.7. The van der Waals surface area contributed by atoms with Gasteiger partial charge >= 0.3 is 12.0 Å². The maximum absolute atomic E-state index is 14.7. The number of likely N-dealkylation sites (N-methyl/N-ethyl adjacent to an activating group) is 2. The molecule has 0 aliphatic carbocycles. The van der Waals surface area contributed by atoms with Gasteiger partial charge in [-0.15, -0.1) is 11.3 Å². The van der Waals surface area contributed by atoms with Gasteiger partial charge in [0, 0.05) is 99.4 Å². The number of ether oxygens (including phenoxy) is 2. The molecule has 0 spiro atoms. The van der Waals surface area contributed by atoms with Gasteiger partial charge in [-0.1, -0.05) is 33.8 Å². The predicted molar refractivity (Wildman–Crippen MR) is 256 cm³/mol. The lowest BCUT2D eigenvalue weighted by Gasteiger charge is -2.45. The van der Waals surface area contributed by atoms with E-state index in [-0.39, 0.29) is 49.1 Å². The summed E-state index contributed by atoms with van der Waals surface area (Å²) in [6, 6.07) is 6.99. The second-order valence-electron chi connectivity index (χ2n) is 19.7. The molecule has 7 heterocycles. The number of likely N-dealkylation sites (tertiary alicyclic amines) is 1. The van der Waals surface area contributed by atoms with Gasteiger partial charge in [0.2, 0.25) is 11.8 Å². The lowest BCUT2D eigenvalue weighted by Crippen LogP contribution is -2.64. The van der Waals surface area contributed by atoms with E-state index in [1.54, 1.807) is 37.2 Å². The number of hydrogen-bond acceptors (Lipinski definition) is 12. The van der Waals surface area contributed by atoms with Crippen LogP contribution in [0, 0.1) is 11.3 Å². The predicted octanol–water partition coefficient (Wildman–Crippen LogP) is 4.78. The first kappa shape index (κ1) is 48.0. The number of hydrazine groups is 1. The number of aromatic nitrogens is 3. The van der Waals surface area contributed by atoms with Crippen LogP contribution >= 0.6 is 11.3 Å². The molecule has 4 aromatic rings. The molecular weight excluding hydrogens is 873 g/mol. The normalized spacial score (nSPS) is 22.7. The molecule has 0 saturated carbocycles. The number of pyridine rings is 1. The highest BCUT2D eigenvalue weighted by atomic mass is 32.1. The van der Waals surface area contributed by atoms with Crippen molar-refractivity contribution in [2.24, 2.45) is 11.3 Å². The first-order chi connectivity index (χ1) is 32.0. The van der Waals surface area contributed by atoms with Crippen LogP contribution in [0.2, 0.25) is 0 Å². The zero-order valence-corrected chi connectivity index (χ0v) is 41.1. The molecule has 3 saturated heterocycles. The number of fused-ring (bicyclic) bond motifs is 6. The fraction of sp³-hybridized carbons (Fsp3) is 0.571. The minimum atomic E-state index is -1.08. The van der Waals surface area contributed by atoms with Crippen LogP contribution in [-0.2, 0) is 48.0 Å². The van der Waals surface area contributed by atoms with Crippen LogP contribution < -0.4 is 16.1 Å². The Balaban J connectivity index is 1.13. The number of amides is 5. The molecule has 18 heteroatoms. The van der Waals surface area contributed by atoms with Gasteiger partial charge in [-0.2, -0.15) is 0 Å². The van der Waals surface area contributed by atoms with E-state index in [2.05, 4.69) is 65.7 Å². The monoisotopic (exact) mass is 938 g/mol. The van der Waals surface area contributed by atoms with Gasteiger partial charge in [0.1, 0.15) is 18.1 Å². The number of thiazole rings is 1. The molecule has 5 amide bonds. The molecule has 0 radical (unpaired) electrons. The fourth-order valence-electron chi connectivity index (χ4n) is 9.86. The molecule has 17 nitrogen and oxygen atoms in total. The lowest BCUT2D eigenvalue weighted by molar-refractivity contribution is -0.155. The maximum Gasteiger partial charge on any atom is 0.324 e. The molecule has 3 fully saturated rings. The number of urea groups is 1. The zero-order valence-electron chi connectivity index (χ0n) is 40.3. The topological polar surface area (TPSA) is 193 Å². The Morgan fingerprint density at radius 2 is 1.88 bits per heavy atom. The van der Waals surface area contributed by atoms with Crippen molar-refractivity contribution >= 4 is 52.0 Å². The maximum atomic E-state index is 14.7. The highest BCUT2D eigenvalue weighted by Crippen LogP contribution is 2.42. The van der Waals surface area contributed by atoms with Gasteiger partial charge in [-0.3, -0.25) is 29.2 Å². The number of methoxy groups -OCH3 is 1. The van der Waals surface area contributed by atoms with Gasteiger partial charge in [0.25, 0.3) is 5.91 Å². The second-order valence-corrected chi connectivity index (χ2v) is 20.6. The summed E-state index contributed by atoms with van der Waals surface area (Å²) in [7, 11) is 5.05. The van der Waals surface area contributed by atoms with Gasteiger partial charge in [-0.05, 0) is 75.3 Å². The molecule has 4 aliphatic heterocycles. The van der Waals surface area contributed by atoms with Crippen molar-refractivity contribution in [1.29, 1.82) is 0 Å². The SMILES string of the molecule is CCn1c(-c2cccnc2[C@H](C)OC)c2c3cc(ccc31)-c1csc(n1)C[C@H](NC(=O)C(C(C)C)N(C)C(=O)N1CC[C@H]1CN(C)C(=O)[C@@H]1CN1)C(=O)N1CCC[C@H](N1)C(=O)OCC(C)(C)C2. The number of aryl methyl sites for hydroxylation is 1. The summed E-state index contributed by atoms with van der Waals surface area (Å²) >= 11 is 1.41. The summed E-state index contributed by atoms with van der Waals surface area (Å²) in [4.78, 5) is 84.5. The van der Waals surface area contributed by atoms with Crippen LogP contribution in [0.3, 0.4) is 0 Å². The zero-order chi connectivity index (χ0) is 47.9. The molecule has 3 aromatic heterocycles. The average molecular weight is 939 g/mol. The Morgan fingerprint density at radius 1 is 1.10 bits per heavy atom. The van der Waals surface area contributed by atoms with Crippen LogP contribution in [0.4, 0.5) is 4.79 Å². The molecule has 67 heavy (non-hydrogen) atoms. The molecule has 8 rings (SSSR count). The molecule has 3 N–H and O–H groups in total. The van der Waals surface area contributed by atoms with E-state index < -0.39 is 41.3 Å². The number of benzene rings is 1. The summed E-state index contributed by atoms with van der Waals surface area (Å²) < 4.78 is 14.2. The Kier molecular flexibility index (Phi) is 14.1. The van der Waals surface area contributed by atoms with Gasteiger partial charge in [0.05, 0.1) is 46.9 Å². The third-order valence-corrected chi connectivity index (χ3v) is 14.6. The van der Waals surface area contributed by atoms with Crippen LogP contribution in [0.15, 0.2) is 41.9 Å². The minimum Gasteiger partial charge on any atom is -0.464 e. The summed E-state index contributed by atoms with van der Waals surface area (Å²) in [5.41, 5.74) is 9.28. The lowest BCUT2D eigenvalue weighted by atomic mass is 9.84. The van der Waals surface area contributed by atoms with Crippen molar-refractivity contribution in [3.8, 4) is 22.5 Å². The van der Waals surface area contributed by atoms with Crippen molar-refractivity contribution in [3.63, 3.8) is 0 Å². The van der Waals surface area contributed by atoms with Crippen molar-refractivity contribution in [2.75, 3.05) is 54.0 Å². The van der Waals surface area contributed by atoms with Crippen molar-refractivity contribution < 1.29 is 33.4 Å². The number of hydrogen-bond donors (Lipinski definition) is 3. The Hall–Kier alpha value is -5.43. The van der Waals surface area contributed by atoms with E-state index in [9.17, 15) is 24.0 Å². The fourth-order valence-corrected chi connectivity index (χ4v) is 10.7. The van der Waals surface area contributed by atoms with Crippen LogP contribution in [0.25, 0.3) is 33.4 Å². The van der Waals surface area contributed by atoms with Crippen LogP contribution in [0.1, 0.15) is 83.2 Å². The number of rotatable bonds is 11. The quantitative estimate of drug-likeness (QED) is 0.139. The number of nitrogens with zero attached hydrogens (tertiary/aromatic N) is 7. The van der Waals surface area contributed by atoms with Gasteiger partial charge in [-0.25, -0.2) is 15.2 Å². The van der Waals surface area contributed by atoms with E-state index in [1.807, 2.05) is 32.2 Å². The molecule has 4 aliphatic rings. The summed E-state index contributed by atoms with van der Waals surface area (Å²) in [6.45, 7) is 14.8. The molecule has 360 valence electrons. The van der Waals surface area contributed by atoms with E-state index in [1.165, 1.54) is 21.2 Å². The van der Waals surface area contributed by atoms with E-state index in [0.717, 1.165) is 51.1 Å². The number of cyclic esters (lactones) is 1.